The zero-order chi connectivity index (χ0) is 13.1. The average Bonchev–Trinajstić information content (AvgIpc) is 2.68. The molecule has 0 saturated carbocycles. The summed E-state index contributed by atoms with van der Waals surface area (Å²) in [6, 6.07) is 1.82. The molecule has 18 heavy (non-hydrogen) atoms. The number of nitrogens with one attached hydrogen (secondary N) is 1. The number of aromatic nitrogens is 2. The number of rotatable bonds is 2. The van der Waals surface area contributed by atoms with Gasteiger partial charge in [0.25, 0.3) is 5.91 Å². The van der Waals surface area contributed by atoms with Crippen LogP contribution in [0.5, 0.6) is 0 Å². The average molecular weight is 241 g/mol. The Morgan fingerprint density at radius 1 is 1.67 bits per heavy atom. The molecule has 0 spiro atoms. The number of aryl methyl sites for hydroxylation is 2. The molecule has 1 N–H and O–H groups in total. The van der Waals surface area contributed by atoms with Crippen molar-refractivity contribution < 1.29 is 4.79 Å². The third-order valence-electron chi connectivity index (χ3n) is 2.79. The molecule has 1 aliphatic carbocycles. The molecule has 92 valence electrons. The molecule has 1 aromatic rings. The summed E-state index contributed by atoms with van der Waals surface area (Å²) < 4.78 is 1.64. The van der Waals surface area contributed by atoms with Gasteiger partial charge in [0, 0.05) is 24.6 Å². The highest BCUT2D eigenvalue weighted by atomic mass is 16.1. The van der Waals surface area contributed by atoms with Crippen molar-refractivity contribution in [1.82, 2.24) is 9.78 Å². The summed E-state index contributed by atoms with van der Waals surface area (Å²) in [6.07, 6.45) is 11.7. The van der Waals surface area contributed by atoms with Crippen LogP contribution >= 0.6 is 0 Å². The Kier molecular flexibility index (Phi) is 3.33. The highest BCUT2D eigenvalue weighted by Crippen LogP contribution is 2.17. The van der Waals surface area contributed by atoms with Crippen LogP contribution in [0.15, 0.2) is 29.9 Å². The van der Waals surface area contributed by atoms with Crippen LogP contribution in [-0.2, 0) is 11.8 Å². The highest BCUT2D eigenvalue weighted by molar-refractivity contribution is 6.05. The number of amides is 1. The molecule has 0 aromatic carbocycles. The first-order valence-electron chi connectivity index (χ1n) is 5.76. The zero-order valence-corrected chi connectivity index (χ0v) is 10.5. The predicted molar refractivity (Wildman–Crippen MR) is 70.7 cm³/mol. The van der Waals surface area contributed by atoms with Crippen molar-refractivity contribution in [3.8, 4) is 12.3 Å². The normalized spacial score (nSPS) is 18.1. The maximum absolute atomic E-state index is 12.1. The zero-order valence-electron chi connectivity index (χ0n) is 10.5. The second-order valence-electron chi connectivity index (χ2n) is 4.28. The SMILES string of the molecule is C#CC1C=C(C(=O)Nc2cc(C)nn2C)C=CC1. The van der Waals surface area contributed by atoms with Crippen LogP contribution in [0.4, 0.5) is 5.82 Å². The minimum Gasteiger partial charge on any atom is -0.307 e. The molecule has 1 atom stereocenters. The van der Waals surface area contributed by atoms with E-state index in [1.807, 2.05) is 25.1 Å². The first kappa shape index (κ1) is 12.2. The molecule has 0 radical (unpaired) electrons. The molecule has 1 aromatic heterocycles. The highest BCUT2D eigenvalue weighted by Gasteiger charge is 2.14. The minimum atomic E-state index is -0.158. The van der Waals surface area contributed by atoms with Crippen LogP contribution in [0.2, 0.25) is 0 Å². The quantitative estimate of drug-likeness (QED) is 0.803. The topological polar surface area (TPSA) is 46.9 Å². The van der Waals surface area contributed by atoms with Crippen molar-refractivity contribution in [2.24, 2.45) is 13.0 Å². The van der Waals surface area contributed by atoms with E-state index in [0.29, 0.717) is 11.4 Å². The van der Waals surface area contributed by atoms with E-state index in [2.05, 4.69) is 16.3 Å². The van der Waals surface area contributed by atoms with Crippen LogP contribution < -0.4 is 5.32 Å². The summed E-state index contributed by atoms with van der Waals surface area (Å²) in [4.78, 5) is 12.1. The van der Waals surface area contributed by atoms with Crippen LogP contribution in [0.3, 0.4) is 0 Å². The van der Waals surface area contributed by atoms with E-state index in [4.69, 9.17) is 6.42 Å². The molecule has 0 fully saturated rings. The second kappa shape index (κ2) is 4.92. The lowest BCUT2D eigenvalue weighted by Crippen LogP contribution is -2.17. The number of terminal acetylenes is 1. The summed E-state index contributed by atoms with van der Waals surface area (Å²) in [5.74, 6) is 3.16. The van der Waals surface area contributed by atoms with Gasteiger partial charge in [0.15, 0.2) is 0 Å². The Bertz CT molecular complexity index is 572. The lowest BCUT2D eigenvalue weighted by molar-refractivity contribution is -0.112. The lowest BCUT2D eigenvalue weighted by Gasteiger charge is -2.11. The third kappa shape index (κ3) is 2.51. The van der Waals surface area contributed by atoms with Gasteiger partial charge in [0.1, 0.15) is 5.82 Å². The number of hydrogen-bond acceptors (Lipinski definition) is 2. The number of carbonyl (C=O) groups is 1. The summed E-state index contributed by atoms with van der Waals surface area (Å²) >= 11 is 0. The van der Waals surface area contributed by atoms with E-state index in [1.165, 1.54) is 0 Å². The van der Waals surface area contributed by atoms with Crippen molar-refractivity contribution in [2.75, 3.05) is 5.32 Å². The first-order chi connectivity index (χ1) is 8.60. The molecule has 1 amide bonds. The molecule has 4 nitrogen and oxygen atoms in total. The molecule has 0 saturated heterocycles. The number of carbonyl (C=O) groups excluding carboxylic acids is 1. The third-order valence-corrected chi connectivity index (χ3v) is 2.79. The fourth-order valence-corrected chi connectivity index (χ4v) is 1.87. The number of anilines is 1. The standard InChI is InChI=1S/C14H15N3O/c1-4-11-6-5-7-12(9-11)14(18)15-13-8-10(2)16-17(13)3/h1,5,7-9,11H,6H2,2-3H3,(H,15,18). The summed E-state index contributed by atoms with van der Waals surface area (Å²) in [5, 5.41) is 6.99. The van der Waals surface area contributed by atoms with E-state index in [0.717, 1.165) is 12.1 Å². The molecule has 1 aliphatic rings. The monoisotopic (exact) mass is 241 g/mol. The van der Waals surface area contributed by atoms with Crippen LogP contribution in [0, 0.1) is 25.2 Å². The van der Waals surface area contributed by atoms with Gasteiger partial charge in [0.2, 0.25) is 0 Å². The Morgan fingerprint density at radius 3 is 3.06 bits per heavy atom. The van der Waals surface area contributed by atoms with E-state index in [9.17, 15) is 4.79 Å². The van der Waals surface area contributed by atoms with Gasteiger partial charge in [-0.3, -0.25) is 9.48 Å². The van der Waals surface area contributed by atoms with Crippen molar-refractivity contribution in [3.05, 3.63) is 35.6 Å². The molecule has 4 heteroatoms. The molecule has 2 rings (SSSR count). The fourth-order valence-electron chi connectivity index (χ4n) is 1.87. The van der Waals surface area contributed by atoms with Gasteiger partial charge in [-0.05, 0) is 13.3 Å². The first-order valence-corrected chi connectivity index (χ1v) is 5.76. The van der Waals surface area contributed by atoms with Gasteiger partial charge in [-0.25, -0.2) is 0 Å². The minimum absolute atomic E-state index is 0.00373. The molecule has 1 heterocycles. The Labute approximate surface area is 106 Å². The number of nitrogens with zero attached hydrogens (tertiary/aromatic N) is 2. The Hall–Kier alpha value is -2.28. The lowest BCUT2D eigenvalue weighted by atomic mass is 9.96. The molecule has 1 unspecified atom stereocenters. The molecule has 0 bridgehead atoms. The van der Waals surface area contributed by atoms with Crippen LogP contribution in [0.1, 0.15) is 12.1 Å². The van der Waals surface area contributed by atoms with Gasteiger partial charge >= 0.3 is 0 Å². The van der Waals surface area contributed by atoms with Crippen molar-refractivity contribution in [1.29, 1.82) is 0 Å². The van der Waals surface area contributed by atoms with E-state index >= 15 is 0 Å². The van der Waals surface area contributed by atoms with E-state index < -0.39 is 0 Å². The van der Waals surface area contributed by atoms with Crippen molar-refractivity contribution in [3.63, 3.8) is 0 Å². The van der Waals surface area contributed by atoms with E-state index in [-0.39, 0.29) is 11.8 Å². The van der Waals surface area contributed by atoms with Crippen molar-refractivity contribution in [2.45, 2.75) is 13.3 Å². The van der Waals surface area contributed by atoms with Crippen molar-refractivity contribution >= 4 is 11.7 Å². The Balaban J connectivity index is 2.14. The smallest absolute Gasteiger partial charge is 0.256 e. The van der Waals surface area contributed by atoms with E-state index in [1.54, 1.807) is 17.8 Å². The largest absolute Gasteiger partial charge is 0.307 e. The van der Waals surface area contributed by atoms with Gasteiger partial charge in [-0.1, -0.05) is 24.1 Å². The van der Waals surface area contributed by atoms with Gasteiger partial charge < -0.3 is 5.32 Å². The predicted octanol–water partition coefficient (Wildman–Crippen LogP) is 1.80. The second-order valence-corrected chi connectivity index (χ2v) is 4.28. The Morgan fingerprint density at radius 2 is 2.44 bits per heavy atom. The fraction of sp³-hybridized carbons (Fsp3) is 0.286. The number of hydrogen-bond donors (Lipinski definition) is 1. The van der Waals surface area contributed by atoms with Gasteiger partial charge in [0.05, 0.1) is 5.69 Å². The molecular formula is C14H15N3O. The summed E-state index contributed by atoms with van der Waals surface area (Å²) in [5.41, 5.74) is 1.46. The van der Waals surface area contributed by atoms with Gasteiger partial charge in [-0.2, -0.15) is 5.10 Å². The summed E-state index contributed by atoms with van der Waals surface area (Å²) in [7, 11) is 1.79. The molecule has 0 aliphatic heterocycles. The number of allylic oxidation sites excluding steroid dienone is 2. The molecular weight excluding hydrogens is 226 g/mol. The maximum atomic E-state index is 12.1. The summed E-state index contributed by atoms with van der Waals surface area (Å²) in [6.45, 7) is 1.88. The van der Waals surface area contributed by atoms with Crippen LogP contribution in [-0.4, -0.2) is 15.7 Å². The maximum Gasteiger partial charge on any atom is 0.256 e. The van der Waals surface area contributed by atoms with Crippen LogP contribution in [0.25, 0.3) is 0 Å². The van der Waals surface area contributed by atoms with Gasteiger partial charge in [-0.15, -0.1) is 6.42 Å².